The Balaban J connectivity index is 2.06. The van der Waals surface area contributed by atoms with Gasteiger partial charge in [0, 0.05) is 24.3 Å². The fourth-order valence-electron chi connectivity index (χ4n) is 2.24. The van der Waals surface area contributed by atoms with Crippen LogP contribution in [0.1, 0.15) is 24.7 Å². The number of rotatable bonds is 9. The van der Waals surface area contributed by atoms with Crippen LogP contribution < -0.4 is 14.2 Å². The van der Waals surface area contributed by atoms with Crippen LogP contribution in [0.3, 0.4) is 0 Å². The van der Waals surface area contributed by atoms with Crippen molar-refractivity contribution in [2.75, 3.05) is 21.3 Å². The molecule has 0 amide bonds. The van der Waals surface area contributed by atoms with Gasteiger partial charge in [0.05, 0.1) is 21.3 Å². The first-order valence-corrected chi connectivity index (χ1v) is 8.02. The maximum absolute atomic E-state index is 12.0. The van der Waals surface area contributed by atoms with E-state index in [0.29, 0.717) is 35.2 Å². The molecule has 9 nitrogen and oxygen atoms in total. The number of tetrazole rings is 1. The standard InChI is InChI=1S/C17H22N4O5/c1-5-8-21-16(18-19-20-21)11-26-17(22)7-6-12-9-14(24-3)15(25-4)10-13(12)23-2/h6-7,9-10H,5,8,11H2,1-4H3/b7-6+. The van der Waals surface area contributed by atoms with Crippen molar-refractivity contribution < 1.29 is 23.7 Å². The second-order valence-corrected chi connectivity index (χ2v) is 5.21. The van der Waals surface area contributed by atoms with Gasteiger partial charge in [0.1, 0.15) is 5.75 Å². The Morgan fingerprint density at radius 1 is 1.12 bits per heavy atom. The molecule has 9 heteroatoms. The Morgan fingerprint density at radius 2 is 1.81 bits per heavy atom. The molecule has 0 spiro atoms. The van der Waals surface area contributed by atoms with E-state index < -0.39 is 5.97 Å². The summed E-state index contributed by atoms with van der Waals surface area (Å²) in [4.78, 5) is 12.0. The number of aryl methyl sites for hydroxylation is 1. The summed E-state index contributed by atoms with van der Waals surface area (Å²) in [5, 5.41) is 11.3. The second kappa shape index (κ2) is 9.40. The molecule has 140 valence electrons. The van der Waals surface area contributed by atoms with Crippen LogP contribution in [0, 0.1) is 0 Å². The fraction of sp³-hybridized carbons (Fsp3) is 0.412. The maximum atomic E-state index is 12.0. The molecule has 0 aliphatic carbocycles. The lowest BCUT2D eigenvalue weighted by molar-refractivity contribution is -0.139. The molecule has 1 heterocycles. The van der Waals surface area contributed by atoms with Crippen molar-refractivity contribution in [1.29, 1.82) is 0 Å². The van der Waals surface area contributed by atoms with Gasteiger partial charge in [-0.2, -0.15) is 0 Å². The topological polar surface area (TPSA) is 97.6 Å². The van der Waals surface area contributed by atoms with E-state index in [1.807, 2.05) is 6.92 Å². The third-order valence-corrected chi connectivity index (χ3v) is 3.52. The van der Waals surface area contributed by atoms with Crippen LogP contribution in [0.5, 0.6) is 17.2 Å². The highest BCUT2D eigenvalue weighted by atomic mass is 16.5. The maximum Gasteiger partial charge on any atom is 0.331 e. The highest BCUT2D eigenvalue weighted by Crippen LogP contribution is 2.35. The summed E-state index contributed by atoms with van der Waals surface area (Å²) in [5.41, 5.74) is 0.651. The van der Waals surface area contributed by atoms with Crippen LogP contribution in [-0.2, 0) is 22.7 Å². The summed E-state index contributed by atoms with van der Waals surface area (Å²) in [5.74, 6) is 1.58. The van der Waals surface area contributed by atoms with E-state index in [9.17, 15) is 4.79 Å². The number of methoxy groups -OCH3 is 3. The molecule has 0 N–H and O–H groups in total. The molecule has 0 radical (unpaired) electrons. The monoisotopic (exact) mass is 362 g/mol. The highest BCUT2D eigenvalue weighted by Gasteiger charge is 2.11. The average molecular weight is 362 g/mol. The van der Waals surface area contributed by atoms with E-state index in [-0.39, 0.29) is 6.61 Å². The van der Waals surface area contributed by atoms with Crippen molar-refractivity contribution in [1.82, 2.24) is 20.2 Å². The molecule has 0 aliphatic rings. The molecule has 0 atom stereocenters. The number of aromatic nitrogens is 4. The Morgan fingerprint density at radius 3 is 2.46 bits per heavy atom. The molecule has 2 rings (SSSR count). The van der Waals surface area contributed by atoms with Crippen LogP contribution in [-0.4, -0.2) is 47.5 Å². The predicted molar refractivity (Wildman–Crippen MR) is 93.0 cm³/mol. The van der Waals surface area contributed by atoms with E-state index in [4.69, 9.17) is 18.9 Å². The van der Waals surface area contributed by atoms with E-state index in [0.717, 1.165) is 6.42 Å². The number of ether oxygens (including phenoxy) is 4. The number of benzene rings is 1. The minimum absolute atomic E-state index is 0.000752. The number of esters is 1. The van der Waals surface area contributed by atoms with E-state index in [1.54, 1.807) is 22.9 Å². The molecule has 26 heavy (non-hydrogen) atoms. The van der Waals surface area contributed by atoms with Gasteiger partial charge in [-0.1, -0.05) is 6.92 Å². The summed E-state index contributed by atoms with van der Waals surface area (Å²) in [6.07, 6.45) is 3.76. The number of carbonyl (C=O) groups excluding carboxylic acids is 1. The molecule has 1 aromatic heterocycles. The first kappa shape index (κ1) is 19.2. The van der Waals surface area contributed by atoms with Gasteiger partial charge in [-0.15, -0.1) is 5.10 Å². The molecule has 0 saturated heterocycles. The number of hydrogen-bond acceptors (Lipinski definition) is 8. The zero-order valence-corrected chi connectivity index (χ0v) is 15.3. The van der Waals surface area contributed by atoms with E-state index in [1.165, 1.54) is 27.4 Å². The summed E-state index contributed by atoms with van der Waals surface area (Å²) in [7, 11) is 4.60. The van der Waals surface area contributed by atoms with Crippen LogP contribution in [0.4, 0.5) is 0 Å². The first-order chi connectivity index (χ1) is 12.6. The van der Waals surface area contributed by atoms with Crippen LogP contribution >= 0.6 is 0 Å². The minimum Gasteiger partial charge on any atom is -0.496 e. The lowest BCUT2D eigenvalue weighted by Crippen LogP contribution is -2.09. The van der Waals surface area contributed by atoms with Crippen molar-refractivity contribution in [2.24, 2.45) is 0 Å². The summed E-state index contributed by atoms with van der Waals surface area (Å²) < 4.78 is 22.6. The van der Waals surface area contributed by atoms with Crippen LogP contribution in [0.25, 0.3) is 6.08 Å². The van der Waals surface area contributed by atoms with Gasteiger partial charge in [0.2, 0.25) is 0 Å². The Bertz CT molecular complexity index is 773. The predicted octanol–water partition coefficient (Wildman–Crippen LogP) is 1.87. The largest absolute Gasteiger partial charge is 0.496 e. The third kappa shape index (κ3) is 4.71. The number of carbonyl (C=O) groups is 1. The molecule has 0 bridgehead atoms. The molecular formula is C17H22N4O5. The molecular weight excluding hydrogens is 340 g/mol. The quantitative estimate of drug-likeness (QED) is 0.492. The second-order valence-electron chi connectivity index (χ2n) is 5.21. The molecule has 1 aromatic carbocycles. The van der Waals surface area contributed by atoms with Crippen LogP contribution in [0.2, 0.25) is 0 Å². The van der Waals surface area contributed by atoms with E-state index >= 15 is 0 Å². The number of nitrogens with zero attached hydrogens (tertiary/aromatic N) is 4. The van der Waals surface area contributed by atoms with Gasteiger partial charge in [-0.25, -0.2) is 9.48 Å². The molecule has 2 aromatic rings. The Labute approximate surface area is 151 Å². The van der Waals surface area contributed by atoms with Gasteiger partial charge >= 0.3 is 5.97 Å². The third-order valence-electron chi connectivity index (χ3n) is 3.52. The molecule has 0 unspecified atom stereocenters. The van der Waals surface area contributed by atoms with Gasteiger partial charge < -0.3 is 18.9 Å². The summed E-state index contributed by atoms with van der Waals surface area (Å²) in [6.45, 7) is 2.68. The van der Waals surface area contributed by atoms with Gasteiger partial charge in [0.15, 0.2) is 23.9 Å². The minimum atomic E-state index is -0.520. The summed E-state index contributed by atoms with van der Waals surface area (Å²) >= 11 is 0. The Hall–Kier alpha value is -3.10. The van der Waals surface area contributed by atoms with Gasteiger partial charge in [-0.05, 0) is 29.0 Å². The van der Waals surface area contributed by atoms with E-state index in [2.05, 4.69) is 15.5 Å². The smallest absolute Gasteiger partial charge is 0.331 e. The van der Waals surface area contributed by atoms with Crippen molar-refractivity contribution in [2.45, 2.75) is 26.5 Å². The molecule has 0 fully saturated rings. The first-order valence-electron chi connectivity index (χ1n) is 8.02. The molecule has 0 aliphatic heterocycles. The SMILES string of the molecule is CCCn1nnnc1COC(=O)/C=C/c1cc(OC)c(OC)cc1OC. The summed E-state index contributed by atoms with van der Waals surface area (Å²) in [6, 6.07) is 3.39. The fourth-order valence-corrected chi connectivity index (χ4v) is 2.24. The zero-order chi connectivity index (χ0) is 18.9. The zero-order valence-electron chi connectivity index (χ0n) is 15.3. The average Bonchev–Trinajstić information content (AvgIpc) is 3.11. The van der Waals surface area contributed by atoms with Crippen molar-refractivity contribution in [3.05, 3.63) is 29.6 Å². The van der Waals surface area contributed by atoms with Gasteiger partial charge in [0.25, 0.3) is 0 Å². The van der Waals surface area contributed by atoms with Crippen molar-refractivity contribution in [3.8, 4) is 17.2 Å². The van der Waals surface area contributed by atoms with Crippen LogP contribution in [0.15, 0.2) is 18.2 Å². The Kier molecular flexibility index (Phi) is 6.95. The highest BCUT2D eigenvalue weighted by molar-refractivity contribution is 5.87. The lowest BCUT2D eigenvalue weighted by Gasteiger charge is -2.12. The number of hydrogen-bond donors (Lipinski definition) is 0. The van der Waals surface area contributed by atoms with Crippen molar-refractivity contribution in [3.63, 3.8) is 0 Å². The lowest BCUT2D eigenvalue weighted by atomic mass is 10.1. The van der Waals surface area contributed by atoms with Gasteiger partial charge in [-0.3, -0.25) is 0 Å². The normalized spacial score (nSPS) is 10.8. The van der Waals surface area contributed by atoms with Crippen molar-refractivity contribution >= 4 is 12.0 Å². The molecule has 0 saturated carbocycles.